The van der Waals surface area contributed by atoms with Gasteiger partial charge in [0.15, 0.2) is 0 Å². The van der Waals surface area contributed by atoms with E-state index >= 15 is 0 Å². The molecule has 134 valence electrons. The Morgan fingerprint density at radius 2 is 1.76 bits per heavy atom. The number of nitrogens with one attached hydrogen (secondary N) is 1. The van der Waals surface area contributed by atoms with Gasteiger partial charge in [-0.1, -0.05) is 19.1 Å². The van der Waals surface area contributed by atoms with Crippen molar-refractivity contribution in [2.75, 3.05) is 32.7 Å². The highest BCUT2D eigenvalue weighted by atomic mass is 16.2. The molecule has 1 amide bonds. The number of carbonyl (C=O) groups excluding carboxylic acids is 1. The monoisotopic (exact) mass is 339 g/mol. The molecule has 4 nitrogen and oxygen atoms in total. The van der Waals surface area contributed by atoms with E-state index in [9.17, 15) is 4.79 Å². The molecule has 1 aliphatic heterocycles. The average Bonchev–Trinajstić information content (AvgIpc) is 2.99. The molecule has 1 aliphatic rings. The number of aryl methyl sites for hydroxylation is 3. The van der Waals surface area contributed by atoms with Gasteiger partial charge in [0.1, 0.15) is 0 Å². The average molecular weight is 339 g/mol. The minimum atomic E-state index is 0.153. The standard InChI is InChI=1S/C21H29N3O/c1-5-8-23-9-11-24(12-10-23)21(25)19-14-20(22-17(19)4)18-7-6-15(2)16(3)13-18/h6-7,13-14,22H,5,8-12H2,1-4H3. The maximum absolute atomic E-state index is 12.9. The Hall–Kier alpha value is -2.07. The number of carbonyl (C=O) groups is 1. The molecule has 0 spiro atoms. The van der Waals surface area contributed by atoms with Crippen LogP contribution in [-0.4, -0.2) is 53.4 Å². The number of H-pyrrole nitrogens is 1. The van der Waals surface area contributed by atoms with Gasteiger partial charge < -0.3 is 9.88 Å². The summed E-state index contributed by atoms with van der Waals surface area (Å²) < 4.78 is 0. The topological polar surface area (TPSA) is 39.3 Å². The fraction of sp³-hybridized carbons (Fsp3) is 0.476. The first-order chi connectivity index (χ1) is 12.0. The van der Waals surface area contributed by atoms with Crippen molar-refractivity contribution in [3.63, 3.8) is 0 Å². The van der Waals surface area contributed by atoms with Gasteiger partial charge in [0.25, 0.3) is 5.91 Å². The van der Waals surface area contributed by atoms with Crippen molar-refractivity contribution in [1.82, 2.24) is 14.8 Å². The summed E-state index contributed by atoms with van der Waals surface area (Å²) >= 11 is 0. The molecule has 3 rings (SSSR count). The number of benzene rings is 1. The van der Waals surface area contributed by atoms with Crippen LogP contribution in [0.25, 0.3) is 11.3 Å². The molecule has 1 aromatic carbocycles. The molecule has 1 saturated heterocycles. The van der Waals surface area contributed by atoms with Crippen LogP contribution in [0.5, 0.6) is 0 Å². The van der Waals surface area contributed by atoms with Crippen LogP contribution in [-0.2, 0) is 0 Å². The lowest BCUT2D eigenvalue weighted by Gasteiger charge is -2.34. The number of nitrogens with zero attached hydrogens (tertiary/aromatic N) is 2. The number of amides is 1. The third-order valence-corrected chi connectivity index (χ3v) is 5.26. The van der Waals surface area contributed by atoms with Crippen molar-refractivity contribution in [3.05, 3.63) is 46.6 Å². The molecule has 4 heteroatoms. The predicted molar refractivity (Wildman–Crippen MR) is 103 cm³/mol. The van der Waals surface area contributed by atoms with E-state index in [1.165, 1.54) is 17.5 Å². The normalized spacial score (nSPS) is 15.6. The minimum absolute atomic E-state index is 0.153. The summed E-state index contributed by atoms with van der Waals surface area (Å²) in [5, 5.41) is 0. The van der Waals surface area contributed by atoms with E-state index in [0.29, 0.717) is 0 Å². The number of rotatable bonds is 4. The quantitative estimate of drug-likeness (QED) is 0.921. The van der Waals surface area contributed by atoms with Crippen LogP contribution in [0.1, 0.15) is 40.5 Å². The number of hydrogen-bond acceptors (Lipinski definition) is 2. The number of aromatic nitrogens is 1. The van der Waals surface area contributed by atoms with Crippen LogP contribution in [0.2, 0.25) is 0 Å². The Bertz CT molecular complexity index is 754. The third-order valence-electron chi connectivity index (χ3n) is 5.26. The molecule has 0 unspecified atom stereocenters. The fourth-order valence-electron chi connectivity index (χ4n) is 3.51. The van der Waals surface area contributed by atoms with Crippen molar-refractivity contribution in [2.45, 2.75) is 34.1 Å². The lowest BCUT2D eigenvalue weighted by molar-refractivity contribution is 0.0637. The van der Waals surface area contributed by atoms with Gasteiger partial charge in [0.05, 0.1) is 5.56 Å². The Morgan fingerprint density at radius 1 is 1.04 bits per heavy atom. The molecule has 1 N–H and O–H groups in total. The van der Waals surface area contributed by atoms with Crippen LogP contribution in [0.4, 0.5) is 0 Å². The first-order valence-corrected chi connectivity index (χ1v) is 9.28. The molecule has 2 heterocycles. The Balaban J connectivity index is 1.76. The van der Waals surface area contributed by atoms with E-state index < -0.39 is 0 Å². The summed E-state index contributed by atoms with van der Waals surface area (Å²) in [6.07, 6.45) is 1.17. The molecule has 25 heavy (non-hydrogen) atoms. The molecule has 1 fully saturated rings. The van der Waals surface area contributed by atoms with E-state index in [4.69, 9.17) is 0 Å². The summed E-state index contributed by atoms with van der Waals surface area (Å²) in [5.74, 6) is 0.153. The van der Waals surface area contributed by atoms with Gasteiger partial charge in [0, 0.05) is 37.6 Å². The van der Waals surface area contributed by atoms with Gasteiger partial charge in [-0.25, -0.2) is 0 Å². The van der Waals surface area contributed by atoms with Gasteiger partial charge in [-0.05, 0) is 62.6 Å². The van der Waals surface area contributed by atoms with Crippen molar-refractivity contribution in [2.24, 2.45) is 0 Å². The first-order valence-electron chi connectivity index (χ1n) is 9.28. The van der Waals surface area contributed by atoms with Crippen LogP contribution in [0.15, 0.2) is 24.3 Å². The van der Waals surface area contributed by atoms with Gasteiger partial charge in [0.2, 0.25) is 0 Å². The van der Waals surface area contributed by atoms with Crippen molar-refractivity contribution >= 4 is 5.91 Å². The molecule has 1 aromatic heterocycles. The van der Waals surface area contributed by atoms with Crippen LogP contribution < -0.4 is 0 Å². The molecule has 0 aliphatic carbocycles. The van der Waals surface area contributed by atoms with E-state index in [1.54, 1.807) is 0 Å². The number of hydrogen-bond donors (Lipinski definition) is 1. The summed E-state index contributed by atoms with van der Waals surface area (Å²) in [7, 11) is 0. The van der Waals surface area contributed by atoms with Crippen molar-refractivity contribution in [1.29, 1.82) is 0 Å². The zero-order valence-corrected chi connectivity index (χ0v) is 15.9. The summed E-state index contributed by atoms with van der Waals surface area (Å²) in [4.78, 5) is 20.8. The SMILES string of the molecule is CCCN1CCN(C(=O)c2cc(-c3ccc(C)c(C)c3)[nH]c2C)CC1. The second-order valence-corrected chi connectivity index (χ2v) is 7.15. The zero-order valence-electron chi connectivity index (χ0n) is 15.9. The van der Waals surface area contributed by atoms with E-state index in [0.717, 1.165) is 55.2 Å². The maximum atomic E-state index is 12.9. The first kappa shape index (κ1) is 17.7. The second kappa shape index (κ2) is 7.44. The third kappa shape index (κ3) is 3.79. The Morgan fingerprint density at radius 3 is 2.40 bits per heavy atom. The lowest BCUT2D eigenvalue weighted by atomic mass is 10.0. The smallest absolute Gasteiger partial charge is 0.255 e. The number of piperazine rings is 1. The lowest BCUT2D eigenvalue weighted by Crippen LogP contribution is -2.48. The van der Waals surface area contributed by atoms with Gasteiger partial charge in [-0.15, -0.1) is 0 Å². The molecular formula is C21H29N3O. The molecule has 2 aromatic rings. The Labute approximate surface area is 150 Å². The van der Waals surface area contributed by atoms with Crippen LogP contribution in [0.3, 0.4) is 0 Å². The summed E-state index contributed by atoms with van der Waals surface area (Å²) in [6, 6.07) is 8.44. The van der Waals surface area contributed by atoms with E-state index in [-0.39, 0.29) is 5.91 Å². The molecule has 0 atom stereocenters. The molecular weight excluding hydrogens is 310 g/mol. The fourth-order valence-corrected chi connectivity index (χ4v) is 3.51. The highest BCUT2D eigenvalue weighted by Crippen LogP contribution is 2.25. The molecule has 0 bridgehead atoms. The van der Waals surface area contributed by atoms with Crippen LogP contribution >= 0.6 is 0 Å². The number of aromatic amines is 1. The van der Waals surface area contributed by atoms with Gasteiger partial charge >= 0.3 is 0 Å². The van der Waals surface area contributed by atoms with Crippen LogP contribution in [0, 0.1) is 20.8 Å². The van der Waals surface area contributed by atoms with Crippen molar-refractivity contribution in [3.8, 4) is 11.3 Å². The highest BCUT2D eigenvalue weighted by molar-refractivity contribution is 5.97. The summed E-state index contributed by atoms with van der Waals surface area (Å²) in [6.45, 7) is 13.2. The van der Waals surface area contributed by atoms with E-state index in [2.05, 4.69) is 48.9 Å². The second-order valence-electron chi connectivity index (χ2n) is 7.15. The maximum Gasteiger partial charge on any atom is 0.255 e. The van der Waals surface area contributed by atoms with Gasteiger partial charge in [-0.2, -0.15) is 0 Å². The van der Waals surface area contributed by atoms with E-state index in [1.807, 2.05) is 17.9 Å². The Kier molecular flexibility index (Phi) is 5.28. The highest BCUT2D eigenvalue weighted by Gasteiger charge is 2.24. The predicted octanol–water partition coefficient (Wildman–Crippen LogP) is 3.77. The minimum Gasteiger partial charge on any atom is -0.358 e. The van der Waals surface area contributed by atoms with Crippen molar-refractivity contribution < 1.29 is 4.79 Å². The van der Waals surface area contributed by atoms with Gasteiger partial charge in [-0.3, -0.25) is 9.69 Å². The largest absolute Gasteiger partial charge is 0.358 e. The molecule has 0 saturated carbocycles. The summed E-state index contributed by atoms with van der Waals surface area (Å²) in [5.41, 5.74) is 6.47. The molecule has 0 radical (unpaired) electrons. The zero-order chi connectivity index (χ0) is 18.0.